The topological polar surface area (TPSA) is 123 Å². The van der Waals surface area contributed by atoms with Gasteiger partial charge in [0, 0.05) is 24.2 Å². The van der Waals surface area contributed by atoms with Gasteiger partial charge in [0.05, 0.1) is 4.92 Å². The summed E-state index contributed by atoms with van der Waals surface area (Å²) >= 11 is 0. The predicted octanol–water partition coefficient (Wildman–Crippen LogP) is 2.19. The Morgan fingerprint density at radius 3 is 2.65 bits per heavy atom. The van der Waals surface area contributed by atoms with E-state index in [0.717, 1.165) is 32.4 Å². The first-order valence-electron chi connectivity index (χ1n) is 8.21. The molecule has 1 fully saturated rings. The molecule has 0 aliphatic carbocycles. The molecule has 0 radical (unpaired) electrons. The normalized spacial score (nSPS) is 14.5. The van der Waals surface area contributed by atoms with Gasteiger partial charge in [-0.3, -0.25) is 14.9 Å². The summed E-state index contributed by atoms with van der Waals surface area (Å²) in [7, 11) is 0. The number of nitrogens with one attached hydrogen (secondary N) is 2. The van der Waals surface area contributed by atoms with E-state index in [0.29, 0.717) is 18.0 Å². The number of nitro groups is 1. The predicted molar refractivity (Wildman–Crippen MR) is 96.2 cm³/mol. The second-order valence-corrected chi connectivity index (χ2v) is 5.97. The lowest BCUT2D eigenvalue weighted by Crippen LogP contribution is -2.31. The summed E-state index contributed by atoms with van der Waals surface area (Å²) in [6.07, 6.45) is 3.19. The number of aromatic nitrogens is 2. The summed E-state index contributed by atoms with van der Waals surface area (Å²) in [5.41, 5.74) is 0.492. The van der Waals surface area contributed by atoms with Gasteiger partial charge in [-0.25, -0.2) is 0 Å². The average Bonchev–Trinajstić information content (AvgIpc) is 3.13. The van der Waals surface area contributed by atoms with Gasteiger partial charge < -0.3 is 15.2 Å². The number of nitro benzene ring substituents is 1. The van der Waals surface area contributed by atoms with Crippen molar-refractivity contribution in [2.75, 3.05) is 19.6 Å². The van der Waals surface area contributed by atoms with Crippen molar-refractivity contribution in [1.82, 2.24) is 20.8 Å². The number of amides is 1. The number of nitrogens with zero attached hydrogens (tertiary/aromatic N) is 3. The van der Waals surface area contributed by atoms with Gasteiger partial charge in [-0.05, 0) is 50.4 Å². The molecule has 26 heavy (non-hydrogen) atoms. The molecular formula is C16H20ClN5O4. The molecule has 1 aliphatic heterocycles. The summed E-state index contributed by atoms with van der Waals surface area (Å²) in [5.74, 6) is 0.352. The molecule has 0 bridgehead atoms. The maximum atomic E-state index is 12.1. The highest BCUT2D eigenvalue weighted by molar-refractivity contribution is 5.90. The Bertz CT molecular complexity index is 743. The third-order valence-corrected chi connectivity index (χ3v) is 4.25. The number of halogens is 1. The molecule has 2 heterocycles. The molecular weight excluding hydrogens is 362 g/mol. The van der Waals surface area contributed by atoms with Crippen LogP contribution in [0.1, 0.15) is 29.9 Å². The molecule has 0 unspecified atom stereocenters. The Hall–Kier alpha value is -2.52. The lowest BCUT2D eigenvalue weighted by molar-refractivity contribution is -0.384. The van der Waals surface area contributed by atoms with Crippen LogP contribution in [0.4, 0.5) is 5.69 Å². The molecule has 2 N–H and O–H groups in total. The van der Waals surface area contributed by atoms with Crippen molar-refractivity contribution in [1.29, 1.82) is 0 Å². The minimum absolute atomic E-state index is 0. The molecule has 1 saturated heterocycles. The molecule has 9 nitrogen and oxygen atoms in total. The van der Waals surface area contributed by atoms with Crippen LogP contribution in [-0.2, 0) is 0 Å². The quantitative estimate of drug-likeness (QED) is 0.580. The fraction of sp³-hybridized carbons (Fsp3) is 0.438. The Morgan fingerprint density at radius 2 is 2.00 bits per heavy atom. The van der Waals surface area contributed by atoms with E-state index in [2.05, 4.69) is 20.8 Å². The summed E-state index contributed by atoms with van der Waals surface area (Å²) < 4.78 is 5.07. The van der Waals surface area contributed by atoms with E-state index in [1.54, 1.807) is 0 Å². The average molecular weight is 382 g/mol. The molecule has 140 valence electrons. The Kier molecular flexibility index (Phi) is 7.05. The van der Waals surface area contributed by atoms with E-state index in [4.69, 9.17) is 4.52 Å². The summed E-state index contributed by atoms with van der Waals surface area (Å²) in [6, 6.07) is 5.70. The number of non-ortho nitro benzene ring substituents is 1. The van der Waals surface area contributed by atoms with E-state index in [1.165, 1.54) is 24.3 Å². The zero-order valence-electron chi connectivity index (χ0n) is 14.0. The fourth-order valence-electron chi connectivity index (χ4n) is 2.80. The Labute approximate surface area is 156 Å². The number of hydrogen-bond acceptors (Lipinski definition) is 7. The second kappa shape index (κ2) is 9.25. The highest BCUT2D eigenvalue weighted by Crippen LogP contribution is 2.20. The van der Waals surface area contributed by atoms with Gasteiger partial charge in [-0.15, -0.1) is 12.4 Å². The zero-order chi connectivity index (χ0) is 17.6. The summed E-state index contributed by atoms with van der Waals surface area (Å²) in [6.45, 7) is 2.63. The number of piperidine rings is 1. The molecule has 2 aromatic rings. The van der Waals surface area contributed by atoms with Crippen molar-refractivity contribution in [3.63, 3.8) is 0 Å². The van der Waals surface area contributed by atoms with Crippen LogP contribution in [0.5, 0.6) is 0 Å². The first-order chi connectivity index (χ1) is 12.1. The fourth-order valence-corrected chi connectivity index (χ4v) is 2.80. The maximum absolute atomic E-state index is 12.1. The third kappa shape index (κ3) is 4.99. The number of hydrogen-bond donors (Lipinski definition) is 2. The Balaban J connectivity index is 0.00000243. The minimum atomic E-state index is -0.487. The van der Waals surface area contributed by atoms with Crippen LogP contribution in [0, 0.1) is 16.0 Å². The lowest BCUT2D eigenvalue weighted by Gasteiger charge is -2.22. The largest absolute Gasteiger partial charge is 0.349 e. The number of carbonyl (C=O) groups excluding carboxylic acids is 1. The standard InChI is InChI=1S/C16H19N5O4.ClH/c22-15(18-10-7-11-5-8-17-9-6-11)14-19-16(25-20-14)12-1-3-13(4-2-12)21(23)24;/h1-4,11,17H,5-10H2,(H,18,22);1H. The van der Waals surface area contributed by atoms with E-state index in [1.807, 2.05) is 0 Å². The van der Waals surface area contributed by atoms with Crippen molar-refractivity contribution >= 4 is 24.0 Å². The van der Waals surface area contributed by atoms with Crippen molar-refractivity contribution in [2.45, 2.75) is 19.3 Å². The molecule has 3 rings (SSSR count). The van der Waals surface area contributed by atoms with Crippen LogP contribution >= 0.6 is 12.4 Å². The highest BCUT2D eigenvalue weighted by atomic mass is 35.5. The second-order valence-electron chi connectivity index (χ2n) is 5.97. The van der Waals surface area contributed by atoms with Crippen LogP contribution in [0.25, 0.3) is 11.5 Å². The summed E-state index contributed by atoms with van der Waals surface area (Å²) in [5, 5.41) is 20.4. The van der Waals surface area contributed by atoms with Gasteiger partial charge in [0.15, 0.2) is 0 Å². The molecule has 0 saturated carbocycles. The van der Waals surface area contributed by atoms with Crippen LogP contribution in [0.15, 0.2) is 28.8 Å². The van der Waals surface area contributed by atoms with Crippen molar-refractivity contribution in [3.05, 3.63) is 40.2 Å². The molecule has 1 aromatic carbocycles. The molecule has 10 heteroatoms. The van der Waals surface area contributed by atoms with E-state index in [9.17, 15) is 14.9 Å². The summed E-state index contributed by atoms with van der Waals surface area (Å²) in [4.78, 5) is 26.3. The third-order valence-electron chi connectivity index (χ3n) is 4.25. The van der Waals surface area contributed by atoms with Gasteiger partial charge in [0.25, 0.3) is 23.3 Å². The maximum Gasteiger partial charge on any atom is 0.292 e. The van der Waals surface area contributed by atoms with Gasteiger partial charge in [0.2, 0.25) is 0 Å². The first-order valence-corrected chi connectivity index (χ1v) is 8.21. The van der Waals surface area contributed by atoms with Gasteiger partial charge in [0.1, 0.15) is 0 Å². The van der Waals surface area contributed by atoms with Crippen LogP contribution in [-0.4, -0.2) is 40.6 Å². The minimum Gasteiger partial charge on any atom is -0.349 e. The van der Waals surface area contributed by atoms with Gasteiger partial charge >= 0.3 is 0 Å². The van der Waals surface area contributed by atoms with Crippen LogP contribution in [0.2, 0.25) is 0 Å². The highest BCUT2D eigenvalue weighted by Gasteiger charge is 2.17. The van der Waals surface area contributed by atoms with E-state index in [-0.39, 0.29) is 35.7 Å². The zero-order valence-corrected chi connectivity index (χ0v) is 14.8. The smallest absolute Gasteiger partial charge is 0.292 e. The number of rotatable bonds is 6. The van der Waals surface area contributed by atoms with E-state index >= 15 is 0 Å². The monoisotopic (exact) mass is 381 g/mol. The SMILES string of the molecule is Cl.O=C(NCCC1CCNCC1)c1noc(-c2ccc([N+](=O)[O-])cc2)n1. The molecule has 0 spiro atoms. The number of carbonyl (C=O) groups is 1. The van der Waals surface area contributed by atoms with Crippen molar-refractivity contribution in [3.8, 4) is 11.5 Å². The Morgan fingerprint density at radius 1 is 1.31 bits per heavy atom. The molecule has 1 aromatic heterocycles. The first kappa shape index (κ1) is 19.8. The molecule has 0 atom stereocenters. The van der Waals surface area contributed by atoms with Crippen molar-refractivity contribution < 1.29 is 14.2 Å². The lowest BCUT2D eigenvalue weighted by atomic mass is 9.95. The molecule has 1 aliphatic rings. The number of benzene rings is 1. The van der Waals surface area contributed by atoms with Crippen LogP contribution < -0.4 is 10.6 Å². The van der Waals surface area contributed by atoms with Crippen molar-refractivity contribution in [2.24, 2.45) is 5.92 Å². The molecule has 1 amide bonds. The van der Waals surface area contributed by atoms with Gasteiger partial charge in [-0.1, -0.05) is 5.16 Å². The van der Waals surface area contributed by atoms with E-state index < -0.39 is 4.92 Å². The van der Waals surface area contributed by atoms with Gasteiger partial charge in [-0.2, -0.15) is 4.98 Å². The van der Waals surface area contributed by atoms with Crippen LogP contribution in [0.3, 0.4) is 0 Å².